The summed E-state index contributed by atoms with van der Waals surface area (Å²) in [5, 5.41) is 0. The van der Waals surface area contributed by atoms with Crippen LogP contribution in [0, 0.1) is 0 Å². The fraction of sp³-hybridized carbons (Fsp3) is 0.533. The maximum Gasteiger partial charge on any atom is 0.0273 e. The largest absolute Gasteiger partial charge is 0.265 e. The number of aromatic nitrogens is 1. The summed E-state index contributed by atoms with van der Waals surface area (Å²) in [5.41, 5.74) is 1.11. The number of hydrogen-bond donors (Lipinski definition) is 0. The van der Waals surface area contributed by atoms with Gasteiger partial charge in [-0.1, -0.05) is 65.0 Å². The van der Waals surface area contributed by atoms with Crippen molar-refractivity contribution >= 4 is 6.08 Å². The summed E-state index contributed by atoms with van der Waals surface area (Å²) < 4.78 is 0. The Kier molecular flexibility index (Phi) is 11.1. The van der Waals surface area contributed by atoms with Crippen LogP contribution < -0.4 is 0 Å². The first-order valence-corrected chi connectivity index (χ1v) is 6.37. The second-order valence-electron chi connectivity index (χ2n) is 3.90. The van der Waals surface area contributed by atoms with Crippen LogP contribution in [-0.4, -0.2) is 4.98 Å². The van der Waals surface area contributed by atoms with Gasteiger partial charge in [-0.15, -0.1) is 0 Å². The number of rotatable bonds is 6. The maximum atomic E-state index is 3.85. The smallest absolute Gasteiger partial charge is 0.0273 e. The molecule has 0 aliphatic rings. The lowest BCUT2D eigenvalue weighted by Crippen LogP contribution is -1.73. The molecule has 0 amide bonds. The lowest BCUT2D eigenvalue weighted by atomic mass is 10.1. The molecule has 1 heteroatoms. The summed E-state index contributed by atoms with van der Waals surface area (Å²) in [7, 11) is 0. The molecule has 90 valence electrons. The summed E-state index contributed by atoms with van der Waals surface area (Å²) in [6, 6.07) is 3.82. The zero-order valence-corrected chi connectivity index (χ0v) is 10.8. The third kappa shape index (κ3) is 9.45. The molecular weight excluding hydrogens is 194 g/mol. The molecule has 0 atom stereocenters. The Labute approximate surface area is 101 Å². The second kappa shape index (κ2) is 12.0. The standard InChI is InChI=1S/C8H18.C7H7N/c1-3-5-7-8-6-4-2;1-2-7-3-5-8-6-4-7/h3-8H2,1-2H3;2-6H,1H2. The summed E-state index contributed by atoms with van der Waals surface area (Å²) in [6.45, 7) is 8.11. The Morgan fingerprint density at radius 2 is 1.50 bits per heavy atom. The highest BCUT2D eigenvalue weighted by molar-refractivity contribution is 5.44. The van der Waals surface area contributed by atoms with Gasteiger partial charge >= 0.3 is 0 Å². The molecule has 0 fully saturated rings. The minimum absolute atomic E-state index is 1.11. The SMILES string of the molecule is C=Cc1ccncc1.CCCCCCCC. The first kappa shape index (κ1) is 14.9. The van der Waals surface area contributed by atoms with Crippen LogP contribution in [0.5, 0.6) is 0 Å². The van der Waals surface area contributed by atoms with Crippen LogP contribution in [0.2, 0.25) is 0 Å². The Balaban J connectivity index is 0.000000281. The molecule has 0 radical (unpaired) electrons. The Morgan fingerprint density at radius 1 is 1.00 bits per heavy atom. The molecule has 0 saturated heterocycles. The first-order valence-electron chi connectivity index (χ1n) is 6.37. The molecule has 0 aromatic carbocycles. The fourth-order valence-electron chi connectivity index (χ4n) is 1.35. The van der Waals surface area contributed by atoms with Gasteiger partial charge in [0.05, 0.1) is 0 Å². The molecule has 1 aromatic heterocycles. The van der Waals surface area contributed by atoms with Gasteiger partial charge in [0.1, 0.15) is 0 Å². The Bertz CT molecular complexity index is 235. The predicted octanol–water partition coefficient (Wildman–Crippen LogP) is 5.09. The van der Waals surface area contributed by atoms with Crippen molar-refractivity contribution in [3.63, 3.8) is 0 Å². The lowest BCUT2D eigenvalue weighted by molar-refractivity contribution is 0.624. The molecule has 0 saturated carbocycles. The molecular formula is C15H25N. The number of pyridine rings is 1. The highest BCUT2D eigenvalue weighted by Gasteiger charge is 1.83. The van der Waals surface area contributed by atoms with Gasteiger partial charge in [0.15, 0.2) is 0 Å². The highest BCUT2D eigenvalue weighted by Crippen LogP contribution is 2.03. The lowest BCUT2D eigenvalue weighted by Gasteiger charge is -1.93. The van der Waals surface area contributed by atoms with Crippen molar-refractivity contribution in [1.29, 1.82) is 0 Å². The zero-order chi connectivity index (χ0) is 12.1. The van der Waals surface area contributed by atoms with E-state index in [4.69, 9.17) is 0 Å². The van der Waals surface area contributed by atoms with Gasteiger partial charge in [-0.25, -0.2) is 0 Å². The van der Waals surface area contributed by atoms with Gasteiger partial charge in [0.2, 0.25) is 0 Å². The average molecular weight is 219 g/mol. The Morgan fingerprint density at radius 3 is 1.81 bits per heavy atom. The topological polar surface area (TPSA) is 12.9 Å². The van der Waals surface area contributed by atoms with E-state index in [1.54, 1.807) is 18.5 Å². The third-order valence-corrected chi connectivity index (χ3v) is 2.40. The monoisotopic (exact) mass is 219 g/mol. The van der Waals surface area contributed by atoms with E-state index in [1.165, 1.54) is 38.5 Å². The molecule has 1 nitrogen and oxygen atoms in total. The van der Waals surface area contributed by atoms with Gasteiger partial charge < -0.3 is 0 Å². The summed E-state index contributed by atoms with van der Waals surface area (Å²) in [4.78, 5) is 3.85. The second-order valence-corrected chi connectivity index (χ2v) is 3.90. The van der Waals surface area contributed by atoms with E-state index in [2.05, 4.69) is 25.4 Å². The molecule has 0 bridgehead atoms. The zero-order valence-electron chi connectivity index (χ0n) is 10.8. The van der Waals surface area contributed by atoms with E-state index < -0.39 is 0 Å². The number of unbranched alkanes of at least 4 members (excludes halogenated alkanes) is 5. The molecule has 0 unspecified atom stereocenters. The normalized spacial score (nSPS) is 9.12. The number of nitrogens with zero attached hydrogens (tertiary/aromatic N) is 1. The Hall–Kier alpha value is -1.11. The van der Waals surface area contributed by atoms with Crippen LogP contribution in [-0.2, 0) is 0 Å². The first-order chi connectivity index (χ1) is 7.85. The van der Waals surface area contributed by atoms with Crippen molar-refractivity contribution in [2.75, 3.05) is 0 Å². The molecule has 1 rings (SSSR count). The van der Waals surface area contributed by atoms with Crippen LogP contribution in [0.4, 0.5) is 0 Å². The van der Waals surface area contributed by atoms with E-state index in [9.17, 15) is 0 Å². The molecule has 0 aliphatic heterocycles. The van der Waals surface area contributed by atoms with E-state index in [0.29, 0.717) is 0 Å². The molecule has 0 N–H and O–H groups in total. The van der Waals surface area contributed by atoms with Crippen LogP contribution in [0.3, 0.4) is 0 Å². The van der Waals surface area contributed by atoms with Crippen LogP contribution >= 0.6 is 0 Å². The highest BCUT2D eigenvalue weighted by atomic mass is 14.6. The van der Waals surface area contributed by atoms with Crippen molar-refractivity contribution < 1.29 is 0 Å². The summed E-state index contributed by atoms with van der Waals surface area (Å²) in [5.74, 6) is 0. The van der Waals surface area contributed by atoms with E-state index in [-0.39, 0.29) is 0 Å². The summed E-state index contributed by atoms with van der Waals surface area (Å²) >= 11 is 0. The van der Waals surface area contributed by atoms with Crippen molar-refractivity contribution in [2.24, 2.45) is 0 Å². The molecule has 1 heterocycles. The van der Waals surface area contributed by atoms with E-state index in [0.717, 1.165) is 5.56 Å². The molecule has 16 heavy (non-hydrogen) atoms. The maximum absolute atomic E-state index is 3.85. The van der Waals surface area contributed by atoms with Crippen LogP contribution in [0.25, 0.3) is 6.08 Å². The molecule has 0 aliphatic carbocycles. The third-order valence-electron chi connectivity index (χ3n) is 2.40. The summed E-state index contributed by atoms with van der Waals surface area (Å²) in [6.07, 6.45) is 13.8. The van der Waals surface area contributed by atoms with Crippen molar-refractivity contribution in [3.8, 4) is 0 Å². The van der Waals surface area contributed by atoms with Gasteiger partial charge in [-0.3, -0.25) is 4.98 Å². The van der Waals surface area contributed by atoms with Gasteiger partial charge in [-0.2, -0.15) is 0 Å². The molecule has 0 spiro atoms. The van der Waals surface area contributed by atoms with Gasteiger partial charge in [0.25, 0.3) is 0 Å². The van der Waals surface area contributed by atoms with Gasteiger partial charge in [-0.05, 0) is 17.7 Å². The van der Waals surface area contributed by atoms with Gasteiger partial charge in [0, 0.05) is 12.4 Å². The molecule has 1 aromatic rings. The average Bonchev–Trinajstić information content (AvgIpc) is 2.36. The number of hydrogen-bond acceptors (Lipinski definition) is 1. The predicted molar refractivity (Wildman–Crippen MR) is 73.4 cm³/mol. The minimum atomic E-state index is 1.11. The van der Waals surface area contributed by atoms with Crippen LogP contribution in [0.15, 0.2) is 31.1 Å². The van der Waals surface area contributed by atoms with Crippen molar-refractivity contribution in [1.82, 2.24) is 4.98 Å². The minimum Gasteiger partial charge on any atom is -0.265 e. The van der Waals surface area contributed by atoms with E-state index >= 15 is 0 Å². The van der Waals surface area contributed by atoms with Crippen molar-refractivity contribution in [2.45, 2.75) is 52.4 Å². The van der Waals surface area contributed by atoms with Crippen molar-refractivity contribution in [3.05, 3.63) is 36.7 Å². The fourth-order valence-corrected chi connectivity index (χ4v) is 1.35. The van der Waals surface area contributed by atoms with E-state index in [1.807, 2.05) is 12.1 Å². The van der Waals surface area contributed by atoms with Crippen LogP contribution in [0.1, 0.15) is 57.9 Å². The quantitative estimate of drug-likeness (QED) is 0.607.